The van der Waals surface area contributed by atoms with E-state index in [1.54, 1.807) is 19.0 Å². The molecular formula is C18H31N5O2. The number of hydrogen-bond donors (Lipinski definition) is 0. The second kappa shape index (κ2) is 8.27. The third-order valence-electron chi connectivity index (χ3n) is 5.47. The normalized spacial score (nSPS) is 22.0. The van der Waals surface area contributed by atoms with Crippen LogP contribution < -0.4 is 0 Å². The average molecular weight is 349 g/mol. The molecule has 140 valence electrons. The Morgan fingerprint density at radius 3 is 2.76 bits per heavy atom. The van der Waals surface area contributed by atoms with E-state index < -0.39 is 0 Å². The van der Waals surface area contributed by atoms with Gasteiger partial charge in [-0.1, -0.05) is 24.5 Å². The number of likely N-dealkylation sites (N-methyl/N-ethyl adjacent to an activating group) is 1. The van der Waals surface area contributed by atoms with E-state index in [-0.39, 0.29) is 18.4 Å². The highest BCUT2D eigenvalue weighted by molar-refractivity contribution is 5.76. The van der Waals surface area contributed by atoms with Gasteiger partial charge in [-0.25, -0.2) is 0 Å². The van der Waals surface area contributed by atoms with Gasteiger partial charge in [0.1, 0.15) is 12.3 Å². The van der Waals surface area contributed by atoms with Gasteiger partial charge in [-0.2, -0.15) is 0 Å². The Morgan fingerprint density at radius 2 is 2.04 bits per heavy atom. The van der Waals surface area contributed by atoms with E-state index in [0.29, 0.717) is 6.61 Å². The summed E-state index contributed by atoms with van der Waals surface area (Å²) in [6, 6.07) is 0. The second-order valence-corrected chi connectivity index (χ2v) is 7.74. The minimum absolute atomic E-state index is 0.00164. The number of amides is 1. The van der Waals surface area contributed by atoms with Gasteiger partial charge in [0.2, 0.25) is 5.91 Å². The molecule has 7 nitrogen and oxygen atoms in total. The number of fused-ring (bicyclic) bond motifs is 1. The highest BCUT2D eigenvalue weighted by Crippen LogP contribution is 2.30. The lowest BCUT2D eigenvalue weighted by molar-refractivity contribution is -0.133. The Kier molecular flexibility index (Phi) is 6.06. The first-order chi connectivity index (χ1) is 12.0. The first-order valence-electron chi connectivity index (χ1n) is 9.43. The van der Waals surface area contributed by atoms with Crippen LogP contribution in [-0.2, 0) is 23.1 Å². The molecule has 2 heterocycles. The molecule has 1 aromatic rings. The summed E-state index contributed by atoms with van der Waals surface area (Å²) in [5.41, 5.74) is 2.23. The molecule has 0 N–H and O–H groups in total. The summed E-state index contributed by atoms with van der Waals surface area (Å²) >= 11 is 0. The molecule has 1 aliphatic heterocycles. The summed E-state index contributed by atoms with van der Waals surface area (Å²) in [4.78, 5) is 15.8. The van der Waals surface area contributed by atoms with Gasteiger partial charge in [-0.15, -0.1) is 5.10 Å². The third kappa shape index (κ3) is 4.58. The standard InChI is InChI=1S/C18H31N5O2/c1-21(2)17(24)13-25-12-15-10-23(9-14-7-5-4-6-8-14)11-16-18(15)22(3)20-19-16/h14-15H,4-13H2,1-3H3/t15-/m1/s1. The van der Waals surface area contributed by atoms with Crippen LogP contribution in [0.2, 0.25) is 0 Å². The molecule has 3 rings (SSSR count). The van der Waals surface area contributed by atoms with E-state index in [1.807, 2.05) is 11.7 Å². The maximum absolute atomic E-state index is 11.7. The molecule has 1 aromatic heterocycles. The van der Waals surface area contributed by atoms with Crippen molar-refractivity contribution < 1.29 is 9.53 Å². The molecule has 0 bridgehead atoms. The molecule has 1 fully saturated rings. The van der Waals surface area contributed by atoms with Gasteiger partial charge >= 0.3 is 0 Å². The number of aromatic nitrogens is 3. The van der Waals surface area contributed by atoms with Gasteiger partial charge in [0.25, 0.3) is 0 Å². The molecule has 25 heavy (non-hydrogen) atoms. The van der Waals surface area contributed by atoms with Gasteiger partial charge in [0.15, 0.2) is 0 Å². The number of hydrogen-bond acceptors (Lipinski definition) is 5. The van der Waals surface area contributed by atoms with E-state index in [2.05, 4.69) is 15.2 Å². The molecule has 0 aromatic carbocycles. The van der Waals surface area contributed by atoms with E-state index in [1.165, 1.54) is 32.1 Å². The van der Waals surface area contributed by atoms with Crippen LogP contribution in [0.15, 0.2) is 0 Å². The van der Waals surface area contributed by atoms with Crippen molar-refractivity contribution >= 4 is 5.91 Å². The monoisotopic (exact) mass is 349 g/mol. The van der Waals surface area contributed by atoms with E-state index in [4.69, 9.17) is 4.74 Å². The fraction of sp³-hybridized carbons (Fsp3) is 0.833. The van der Waals surface area contributed by atoms with Gasteiger partial charge in [0, 0.05) is 46.7 Å². The molecule has 7 heteroatoms. The number of carbonyl (C=O) groups is 1. The summed E-state index contributed by atoms with van der Waals surface area (Å²) in [5.74, 6) is 1.03. The first kappa shape index (κ1) is 18.3. The van der Waals surface area contributed by atoms with Crippen molar-refractivity contribution in [1.82, 2.24) is 24.8 Å². The van der Waals surface area contributed by atoms with Crippen LogP contribution in [0.25, 0.3) is 0 Å². The number of ether oxygens (including phenoxy) is 1. The zero-order valence-electron chi connectivity index (χ0n) is 15.8. The molecule has 0 unspecified atom stereocenters. The fourth-order valence-corrected chi connectivity index (χ4v) is 4.12. The summed E-state index contributed by atoms with van der Waals surface area (Å²) in [5, 5.41) is 8.57. The maximum atomic E-state index is 11.7. The minimum atomic E-state index is -0.00164. The van der Waals surface area contributed by atoms with E-state index >= 15 is 0 Å². The molecule has 1 amide bonds. The van der Waals surface area contributed by atoms with Gasteiger partial charge in [-0.05, 0) is 18.8 Å². The van der Waals surface area contributed by atoms with Crippen LogP contribution in [0, 0.1) is 5.92 Å². The molecule has 0 saturated heterocycles. The second-order valence-electron chi connectivity index (χ2n) is 7.74. The molecule has 1 aliphatic carbocycles. The van der Waals surface area contributed by atoms with Crippen LogP contribution in [-0.4, -0.2) is 71.1 Å². The predicted molar refractivity (Wildman–Crippen MR) is 95.1 cm³/mol. The Hall–Kier alpha value is -1.47. The Bertz CT molecular complexity index is 580. The van der Waals surface area contributed by atoms with Crippen LogP contribution in [0.3, 0.4) is 0 Å². The van der Waals surface area contributed by atoms with Crippen molar-refractivity contribution in [2.24, 2.45) is 13.0 Å². The summed E-state index contributed by atoms with van der Waals surface area (Å²) in [6.45, 7) is 3.65. The van der Waals surface area contributed by atoms with Gasteiger partial charge in [0.05, 0.1) is 12.3 Å². The number of nitrogens with zero attached hydrogens (tertiary/aromatic N) is 5. The third-order valence-corrected chi connectivity index (χ3v) is 5.47. The highest BCUT2D eigenvalue weighted by atomic mass is 16.5. The SMILES string of the molecule is CN(C)C(=O)COC[C@H]1CN(CC2CCCCC2)Cc2nnn(C)c21. The van der Waals surface area contributed by atoms with Crippen LogP contribution in [0.5, 0.6) is 0 Å². The zero-order valence-corrected chi connectivity index (χ0v) is 15.8. The molecule has 0 spiro atoms. The largest absolute Gasteiger partial charge is 0.371 e. The van der Waals surface area contributed by atoms with Gasteiger partial charge in [-0.3, -0.25) is 14.4 Å². The molecule has 2 aliphatic rings. The first-order valence-corrected chi connectivity index (χ1v) is 9.43. The molecule has 1 atom stereocenters. The Morgan fingerprint density at radius 1 is 1.28 bits per heavy atom. The van der Waals surface area contributed by atoms with Gasteiger partial charge < -0.3 is 9.64 Å². The molecule has 0 radical (unpaired) electrons. The van der Waals surface area contributed by atoms with Crippen molar-refractivity contribution in [1.29, 1.82) is 0 Å². The minimum Gasteiger partial charge on any atom is -0.371 e. The predicted octanol–water partition coefficient (Wildman–Crippen LogP) is 1.40. The summed E-state index contributed by atoms with van der Waals surface area (Å²) in [6.07, 6.45) is 6.83. The van der Waals surface area contributed by atoms with Crippen LogP contribution in [0.4, 0.5) is 0 Å². The quantitative estimate of drug-likeness (QED) is 0.777. The Balaban J connectivity index is 1.61. The zero-order chi connectivity index (χ0) is 17.8. The molecule has 1 saturated carbocycles. The summed E-state index contributed by atoms with van der Waals surface area (Å²) < 4.78 is 7.60. The lowest BCUT2D eigenvalue weighted by atomic mass is 9.88. The summed E-state index contributed by atoms with van der Waals surface area (Å²) in [7, 11) is 5.45. The van der Waals surface area contributed by atoms with Crippen molar-refractivity contribution in [3.05, 3.63) is 11.4 Å². The molecular weight excluding hydrogens is 318 g/mol. The maximum Gasteiger partial charge on any atom is 0.248 e. The van der Waals surface area contributed by atoms with Crippen molar-refractivity contribution in [2.45, 2.75) is 44.6 Å². The lowest BCUT2D eigenvalue weighted by Crippen LogP contribution is -2.39. The van der Waals surface area contributed by atoms with E-state index in [9.17, 15) is 4.79 Å². The number of rotatable bonds is 6. The number of aryl methyl sites for hydroxylation is 1. The smallest absolute Gasteiger partial charge is 0.248 e. The topological polar surface area (TPSA) is 63.5 Å². The van der Waals surface area contributed by atoms with Crippen LogP contribution >= 0.6 is 0 Å². The fourth-order valence-electron chi connectivity index (χ4n) is 4.12. The van der Waals surface area contributed by atoms with Crippen molar-refractivity contribution in [3.8, 4) is 0 Å². The Labute approximate surface area is 150 Å². The van der Waals surface area contributed by atoms with E-state index in [0.717, 1.165) is 36.9 Å². The average Bonchev–Trinajstić information content (AvgIpc) is 2.96. The number of carbonyl (C=O) groups excluding carboxylic acids is 1. The van der Waals surface area contributed by atoms with Crippen molar-refractivity contribution in [2.75, 3.05) is 40.4 Å². The van der Waals surface area contributed by atoms with Crippen molar-refractivity contribution in [3.63, 3.8) is 0 Å². The van der Waals surface area contributed by atoms with Crippen LogP contribution in [0.1, 0.15) is 49.4 Å². The lowest BCUT2D eigenvalue weighted by Gasteiger charge is -2.35. The highest BCUT2D eigenvalue weighted by Gasteiger charge is 2.31.